The number of ether oxygens (including phenoxy) is 2. The molecule has 0 spiro atoms. The molecule has 0 radical (unpaired) electrons. The van der Waals surface area contributed by atoms with Gasteiger partial charge in [-0.05, 0) is 49.7 Å². The molecule has 7 rings (SSSR count). The molecule has 2 aliphatic carbocycles. The van der Waals surface area contributed by atoms with Crippen LogP contribution in [0, 0.1) is 23.2 Å². The van der Waals surface area contributed by atoms with Crippen LogP contribution in [0.2, 0.25) is 0 Å². The zero-order valence-corrected chi connectivity index (χ0v) is 36.3. The molecule has 2 N–H and O–H groups in total. The molecule has 2 saturated carbocycles. The zero-order valence-electron chi connectivity index (χ0n) is 35.4. The number of thiol groups is 1. The summed E-state index contributed by atoms with van der Waals surface area (Å²) in [7, 11) is -0.0867. The van der Waals surface area contributed by atoms with Crippen molar-refractivity contribution in [1.29, 1.82) is 0 Å². The summed E-state index contributed by atoms with van der Waals surface area (Å²) in [6, 6.07) is 15.3. The normalized spacial score (nSPS) is 23.3. The number of fused-ring (bicyclic) bond motifs is 1. The number of carbonyl (C=O) groups excluding carboxylic acids is 5. The van der Waals surface area contributed by atoms with Gasteiger partial charge in [-0.25, -0.2) is 17.7 Å². The molecular weight excluding hydrogens is 801 g/mol. The molecule has 4 fully saturated rings. The average Bonchev–Trinajstić information content (AvgIpc) is 4.18. The number of methoxy groups -OCH3 is 1. The van der Waals surface area contributed by atoms with Crippen LogP contribution in [0.4, 0.5) is 0 Å². The number of aromatic nitrogens is 1. The maximum atomic E-state index is 15.0. The number of nitrogens with one attached hydrogen (secondary N) is 2. The molecule has 326 valence electrons. The summed E-state index contributed by atoms with van der Waals surface area (Å²) in [6.07, 6.45) is 3.04. The van der Waals surface area contributed by atoms with Crippen LogP contribution in [0.15, 0.2) is 67.3 Å². The first kappa shape index (κ1) is 43.6. The monoisotopic (exact) mass is 856 g/mol. The van der Waals surface area contributed by atoms with Crippen LogP contribution in [0.5, 0.6) is 11.5 Å². The molecular formula is C45H56N6O9S. The minimum Gasteiger partial charge on any atom is -0.497 e. The second-order valence-electron chi connectivity index (χ2n) is 17.8. The second kappa shape index (κ2) is 17.5. The third-order valence-electron chi connectivity index (χ3n) is 12.7. The molecule has 2 aromatic carbocycles. The first-order valence-electron chi connectivity index (χ1n) is 21.0. The van der Waals surface area contributed by atoms with E-state index in [-0.39, 0.29) is 43.5 Å². The number of benzene rings is 2. The van der Waals surface area contributed by atoms with Crippen LogP contribution in [-0.2, 0) is 34.9 Å². The third kappa shape index (κ3) is 9.09. The summed E-state index contributed by atoms with van der Waals surface area (Å²) in [5.74, 6) is -2.49. The van der Waals surface area contributed by atoms with Gasteiger partial charge in [0.1, 0.15) is 29.2 Å². The third-order valence-corrected chi connectivity index (χ3v) is 13.5. The fourth-order valence-electron chi connectivity index (χ4n) is 8.79. The topological polar surface area (TPSA) is 185 Å². The van der Waals surface area contributed by atoms with E-state index < -0.39 is 69.6 Å². The number of nitrogens with zero attached hydrogens (tertiary/aromatic N) is 4. The van der Waals surface area contributed by atoms with Crippen LogP contribution in [-0.4, -0.2) is 115 Å². The van der Waals surface area contributed by atoms with Crippen molar-refractivity contribution in [2.75, 3.05) is 33.8 Å². The molecule has 0 bridgehead atoms. The number of likely N-dealkylation sites (tertiary alicyclic amines) is 2. The van der Waals surface area contributed by atoms with E-state index in [1.807, 2.05) is 69.3 Å². The Kier molecular flexibility index (Phi) is 12.5. The van der Waals surface area contributed by atoms with Gasteiger partial charge in [0.25, 0.3) is 5.91 Å². The van der Waals surface area contributed by atoms with Gasteiger partial charge in [0.05, 0.1) is 30.8 Å². The van der Waals surface area contributed by atoms with Gasteiger partial charge in [0.2, 0.25) is 34.5 Å². The van der Waals surface area contributed by atoms with Gasteiger partial charge < -0.3 is 29.9 Å². The van der Waals surface area contributed by atoms with Gasteiger partial charge in [-0.3, -0.25) is 24.0 Å². The molecule has 1 aromatic heterocycles. The Morgan fingerprint density at radius 2 is 1.72 bits per heavy atom. The predicted molar refractivity (Wildman–Crippen MR) is 229 cm³/mol. The van der Waals surface area contributed by atoms with Crippen molar-refractivity contribution in [3.8, 4) is 22.8 Å². The van der Waals surface area contributed by atoms with Crippen LogP contribution in [0.1, 0.15) is 65.7 Å². The van der Waals surface area contributed by atoms with Crippen molar-refractivity contribution >= 4 is 51.3 Å². The highest BCUT2D eigenvalue weighted by atomic mass is 32.2. The first-order chi connectivity index (χ1) is 29.1. The van der Waals surface area contributed by atoms with Gasteiger partial charge in [-0.1, -0.05) is 57.2 Å². The lowest BCUT2D eigenvalue weighted by molar-refractivity contribution is -0.149. The van der Waals surface area contributed by atoms with Crippen molar-refractivity contribution in [1.82, 2.24) is 29.7 Å². The standard InChI is InChI=1S/C45H56N6O9S/c1-7-29-25-45(29,43(56)51(61(57)58)30-13-14-30)48-41(54)37-22-32(60-38-24-35(27-11-9-8-10-12-27)47-36-21-31(59-6)15-16-33(36)38)26-50(37)42(55)34(44(2,3)4)23-39(52)49-19-17-28(18-20-49)40(53)46-5/h7-12,15-16,21,24,28-30,32,34,37,61H,1,13-14,17-20,22-23,25-26H2,2-6H3,(H,46,53)(H,48,54)/t29-,32-,34-,37+,45-/m1/s1. The summed E-state index contributed by atoms with van der Waals surface area (Å²) in [4.78, 5) is 78.0. The average molecular weight is 857 g/mol. The highest BCUT2D eigenvalue weighted by Crippen LogP contribution is 2.48. The predicted octanol–water partition coefficient (Wildman–Crippen LogP) is 3.87. The van der Waals surface area contributed by atoms with E-state index in [2.05, 4.69) is 17.2 Å². The summed E-state index contributed by atoms with van der Waals surface area (Å²) in [6.45, 7) is 10.2. The van der Waals surface area contributed by atoms with Crippen LogP contribution in [0.3, 0.4) is 0 Å². The molecule has 5 atom stereocenters. The highest BCUT2D eigenvalue weighted by Gasteiger charge is 2.63. The molecule has 2 saturated heterocycles. The molecule has 0 unspecified atom stereocenters. The van der Waals surface area contributed by atoms with Gasteiger partial charge in [-0.15, -0.1) is 6.58 Å². The highest BCUT2D eigenvalue weighted by molar-refractivity contribution is 7.70. The Morgan fingerprint density at radius 1 is 1.02 bits per heavy atom. The Bertz CT molecular complexity index is 2280. The Balaban J connectivity index is 1.20. The van der Waals surface area contributed by atoms with Crippen molar-refractivity contribution < 1.29 is 41.9 Å². The summed E-state index contributed by atoms with van der Waals surface area (Å²) >= 11 is 0. The summed E-state index contributed by atoms with van der Waals surface area (Å²) < 4.78 is 37.8. The van der Waals surface area contributed by atoms with Gasteiger partial charge >= 0.3 is 0 Å². The fraction of sp³-hybridized carbons (Fsp3) is 0.511. The lowest BCUT2D eigenvalue weighted by Crippen LogP contribution is -2.57. The molecule has 4 aliphatic rings. The maximum absolute atomic E-state index is 15.0. The van der Waals surface area contributed by atoms with Crippen molar-refractivity contribution in [3.05, 3.63) is 67.3 Å². The number of amides is 5. The number of hydrogen-bond acceptors (Lipinski definition) is 10. The van der Waals surface area contributed by atoms with Gasteiger partial charge in [0, 0.05) is 73.9 Å². The van der Waals surface area contributed by atoms with E-state index in [9.17, 15) is 27.6 Å². The van der Waals surface area contributed by atoms with Crippen molar-refractivity contribution in [3.63, 3.8) is 0 Å². The van der Waals surface area contributed by atoms with E-state index in [0.717, 1.165) is 9.87 Å². The molecule has 3 aromatic rings. The first-order valence-corrected chi connectivity index (χ1v) is 22.1. The fourth-order valence-corrected chi connectivity index (χ4v) is 9.61. The largest absolute Gasteiger partial charge is 0.497 e. The minimum absolute atomic E-state index is 0.0116. The Labute approximate surface area is 358 Å². The lowest BCUT2D eigenvalue weighted by atomic mass is 9.77. The van der Waals surface area contributed by atoms with E-state index in [4.69, 9.17) is 14.5 Å². The summed E-state index contributed by atoms with van der Waals surface area (Å²) in [5, 5.41) is 6.28. The van der Waals surface area contributed by atoms with Crippen molar-refractivity contribution in [2.24, 2.45) is 23.2 Å². The molecule has 5 amide bonds. The van der Waals surface area contributed by atoms with Crippen LogP contribution < -0.4 is 20.1 Å². The molecule has 16 heteroatoms. The lowest BCUT2D eigenvalue weighted by Gasteiger charge is -2.37. The SMILES string of the molecule is C=C[C@@H]1C[C@]1(NC(=O)[C@@H]1C[C@@H](Oc2cc(-c3ccccc3)nc3cc(OC)ccc23)CN1C(=O)[C@@H](CC(=O)N1CCC(C(=O)NC)CC1)C(C)(C)C)C(=O)N(C1CC1)[SH](=O)=O. The smallest absolute Gasteiger partial charge is 0.262 e. The molecule has 61 heavy (non-hydrogen) atoms. The Hall–Kier alpha value is -5.51. The van der Waals surface area contributed by atoms with Crippen LogP contribution in [0.25, 0.3) is 22.2 Å². The number of hydrogen-bond donors (Lipinski definition) is 3. The van der Waals surface area contributed by atoms with E-state index >= 15 is 4.79 Å². The number of rotatable bonds is 14. The van der Waals surface area contributed by atoms with Crippen LogP contribution >= 0.6 is 0 Å². The van der Waals surface area contributed by atoms with E-state index in [1.54, 1.807) is 25.1 Å². The van der Waals surface area contributed by atoms with Gasteiger partial charge in [0.15, 0.2) is 0 Å². The van der Waals surface area contributed by atoms with Crippen molar-refractivity contribution in [2.45, 2.75) is 89.4 Å². The molecule has 2 aliphatic heterocycles. The van der Waals surface area contributed by atoms with Gasteiger partial charge in [-0.2, -0.15) is 0 Å². The maximum Gasteiger partial charge on any atom is 0.262 e. The number of pyridine rings is 1. The molecule has 3 heterocycles. The molecule has 15 nitrogen and oxygen atoms in total. The zero-order chi connectivity index (χ0) is 43.8. The second-order valence-corrected chi connectivity index (χ2v) is 18.7. The van der Waals surface area contributed by atoms with E-state index in [1.165, 1.54) is 11.0 Å². The number of piperidine rings is 1. The van der Waals surface area contributed by atoms with E-state index in [0.29, 0.717) is 66.9 Å². The Morgan fingerprint density at radius 3 is 2.31 bits per heavy atom. The number of carbonyl (C=O) groups is 5. The summed E-state index contributed by atoms with van der Waals surface area (Å²) in [5.41, 5.74) is -0.143. The minimum atomic E-state index is -3.25. The quantitative estimate of drug-likeness (QED) is 0.159.